The summed E-state index contributed by atoms with van der Waals surface area (Å²) in [7, 11) is 0. The highest BCUT2D eigenvalue weighted by Gasteiger charge is 2.40. The van der Waals surface area contributed by atoms with Crippen molar-refractivity contribution in [3.05, 3.63) is 36.5 Å². The molecule has 3 atom stereocenters. The maximum absolute atomic E-state index is 12.7. The average molecular weight is 327 g/mol. The number of hydrazine groups is 1. The molecule has 3 N–H and O–H groups in total. The van der Waals surface area contributed by atoms with Crippen LogP contribution in [0.1, 0.15) is 24.8 Å². The van der Waals surface area contributed by atoms with Crippen molar-refractivity contribution >= 4 is 5.91 Å². The zero-order valence-corrected chi connectivity index (χ0v) is 13.4. The predicted molar refractivity (Wildman–Crippen MR) is 86.8 cm³/mol. The van der Waals surface area contributed by atoms with Gasteiger partial charge in [0.05, 0.1) is 5.92 Å². The van der Waals surface area contributed by atoms with Crippen LogP contribution < -0.4 is 16.2 Å². The molecule has 0 radical (unpaired) electrons. The zero-order chi connectivity index (χ0) is 16.4. The molecule has 2 fully saturated rings. The number of nitrogens with one attached hydrogen (secondary N) is 3. The topological polar surface area (TPSA) is 96.8 Å². The molecule has 0 aromatic carbocycles. The minimum atomic E-state index is 0.0187. The fraction of sp³-hybridized carbons (Fsp3) is 0.500. The molecular weight excluding hydrogens is 306 g/mol. The third-order valence-corrected chi connectivity index (χ3v) is 4.96. The van der Waals surface area contributed by atoms with Gasteiger partial charge in [-0.1, -0.05) is 12.5 Å². The predicted octanol–water partition coefficient (Wildman–Crippen LogP) is 0.171. The Morgan fingerprint density at radius 2 is 2.38 bits per heavy atom. The van der Waals surface area contributed by atoms with Crippen LogP contribution in [0.3, 0.4) is 0 Å². The van der Waals surface area contributed by atoms with Gasteiger partial charge >= 0.3 is 0 Å². The van der Waals surface area contributed by atoms with Crippen molar-refractivity contribution in [2.75, 3.05) is 6.54 Å². The summed E-state index contributed by atoms with van der Waals surface area (Å²) in [6.45, 7) is 1.39. The standard InChI is InChI=1S/C16H21N7O/c24-16(13-5-1-3-11-8-20-22-14(11)13)19-7-12-4-2-6-18-15(12)23-10-17-9-21-23/h2,4,6,9-11,13-14,20,22H,1,3,5,7-8H2,(H,19,24). The molecule has 2 aliphatic rings. The van der Waals surface area contributed by atoms with E-state index >= 15 is 0 Å². The summed E-state index contributed by atoms with van der Waals surface area (Å²) < 4.78 is 1.61. The second kappa shape index (κ2) is 6.66. The fourth-order valence-electron chi connectivity index (χ4n) is 3.74. The Hall–Kier alpha value is -2.32. The molecule has 1 aliphatic heterocycles. The van der Waals surface area contributed by atoms with Crippen LogP contribution in [0, 0.1) is 11.8 Å². The van der Waals surface area contributed by atoms with E-state index in [4.69, 9.17) is 0 Å². The van der Waals surface area contributed by atoms with Crippen molar-refractivity contribution in [1.82, 2.24) is 35.9 Å². The van der Waals surface area contributed by atoms with Crippen molar-refractivity contribution in [3.63, 3.8) is 0 Å². The molecule has 2 aromatic heterocycles. The number of hydrogen-bond donors (Lipinski definition) is 3. The number of rotatable bonds is 4. The Kier molecular flexibility index (Phi) is 4.22. The van der Waals surface area contributed by atoms with E-state index in [1.165, 1.54) is 12.7 Å². The number of pyridine rings is 1. The van der Waals surface area contributed by atoms with Gasteiger partial charge in [-0.3, -0.25) is 15.6 Å². The lowest BCUT2D eigenvalue weighted by Gasteiger charge is -2.31. The first-order valence-corrected chi connectivity index (χ1v) is 8.38. The maximum Gasteiger partial charge on any atom is 0.225 e. The molecule has 8 heteroatoms. The number of carbonyl (C=O) groups excluding carboxylic acids is 1. The highest BCUT2D eigenvalue weighted by Crippen LogP contribution is 2.31. The first-order chi connectivity index (χ1) is 11.8. The monoisotopic (exact) mass is 327 g/mol. The van der Waals surface area contributed by atoms with E-state index in [0.717, 1.165) is 24.9 Å². The lowest BCUT2D eigenvalue weighted by molar-refractivity contribution is -0.127. The normalized spacial score (nSPS) is 26.1. The molecule has 2 aromatic rings. The molecule has 8 nitrogen and oxygen atoms in total. The Labute approximate surface area is 140 Å². The highest BCUT2D eigenvalue weighted by molar-refractivity contribution is 5.79. The third kappa shape index (κ3) is 2.90. The van der Waals surface area contributed by atoms with Gasteiger partial charge < -0.3 is 5.32 Å². The second-order valence-corrected chi connectivity index (χ2v) is 6.39. The van der Waals surface area contributed by atoms with Crippen LogP contribution in [-0.4, -0.2) is 38.2 Å². The summed E-state index contributed by atoms with van der Waals surface area (Å²) >= 11 is 0. The van der Waals surface area contributed by atoms with E-state index in [1.807, 2.05) is 12.1 Å². The van der Waals surface area contributed by atoms with E-state index in [2.05, 4.69) is 31.2 Å². The summed E-state index contributed by atoms with van der Waals surface area (Å²) in [6, 6.07) is 4.05. The van der Waals surface area contributed by atoms with Crippen molar-refractivity contribution < 1.29 is 4.79 Å². The summed E-state index contributed by atoms with van der Waals surface area (Å²) in [6.07, 6.45) is 8.02. The van der Waals surface area contributed by atoms with Gasteiger partial charge in [0, 0.05) is 30.9 Å². The molecule has 1 saturated carbocycles. The number of fused-ring (bicyclic) bond motifs is 1. The molecule has 1 amide bonds. The molecule has 0 spiro atoms. The Bertz CT molecular complexity index is 702. The van der Waals surface area contributed by atoms with Crippen LogP contribution in [-0.2, 0) is 11.3 Å². The molecule has 1 aliphatic carbocycles. The summed E-state index contributed by atoms with van der Waals surface area (Å²) in [5.41, 5.74) is 7.39. The molecule has 126 valence electrons. The molecule has 4 rings (SSSR count). The molecule has 3 heterocycles. The molecule has 1 saturated heterocycles. The van der Waals surface area contributed by atoms with Gasteiger partial charge in [-0.2, -0.15) is 5.10 Å². The first-order valence-electron chi connectivity index (χ1n) is 8.38. The molecule has 3 unspecified atom stereocenters. The molecule has 0 bridgehead atoms. The largest absolute Gasteiger partial charge is 0.352 e. The maximum atomic E-state index is 12.7. The summed E-state index contributed by atoms with van der Waals surface area (Å²) in [5, 5.41) is 7.20. The van der Waals surface area contributed by atoms with Crippen molar-refractivity contribution in [2.45, 2.75) is 31.8 Å². The minimum absolute atomic E-state index is 0.0187. The van der Waals surface area contributed by atoms with Crippen LogP contribution in [0.4, 0.5) is 0 Å². The lowest BCUT2D eigenvalue weighted by atomic mass is 9.77. The van der Waals surface area contributed by atoms with Gasteiger partial charge in [0.1, 0.15) is 12.7 Å². The van der Waals surface area contributed by atoms with E-state index in [0.29, 0.717) is 18.3 Å². The number of amides is 1. The van der Waals surface area contributed by atoms with Gasteiger partial charge in [0.25, 0.3) is 0 Å². The van der Waals surface area contributed by atoms with E-state index in [-0.39, 0.29) is 17.9 Å². The summed E-state index contributed by atoms with van der Waals surface area (Å²) in [4.78, 5) is 21.0. The smallest absolute Gasteiger partial charge is 0.225 e. The van der Waals surface area contributed by atoms with Crippen LogP contribution >= 0.6 is 0 Å². The number of carbonyl (C=O) groups is 1. The van der Waals surface area contributed by atoms with Crippen LogP contribution in [0.15, 0.2) is 31.0 Å². The quantitative estimate of drug-likeness (QED) is 0.741. The number of nitrogens with zero attached hydrogens (tertiary/aromatic N) is 4. The number of hydrogen-bond acceptors (Lipinski definition) is 6. The third-order valence-electron chi connectivity index (χ3n) is 4.96. The van der Waals surface area contributed by atoms with Crippen molar-refractivity contribution in [2.24, 2.45) is 11.8 Å². The molecule has 24 heavy (non-hydrogen) atoms. The van der Waals surface area contributed by atoms with E-state index in [1.54, 1.807) is 17.2 Å². The van der Waals surface area contributed by atoms with Gasteiger partial charge in [0.2, 0.25) is 5.91 Å². The van der Waals surface area contributed by atoms with E-state index in [9.17, 15) is 4.79 Å². The molecular formula is C16H21N7O. The minimum Gasteiger partial charge on any atom is -0.352 e. The van der Waals surface area contributed by atoms with Gasteiger partial charge in [0.15, 0.2) is 5.82 Å². The highest BCUT2D eigenvalue weighted by atomic mass is 16.1. The van der Waals surface area contributed by atoms with E-state index < -0.39 is 0 Å². The average Bonchev–Trinajstić information content (AvgIpc) is 3.30. The zero-order valence-electron chi connectivity index (χ0n) is 13.4. The lowest BCUT2D eigenvalue weighted by Crippen LogP contribution is -2.47. The van der Waals surface area contributed by atoms with Crippen molar-refractivity contribution in [1.29, 1.82) is 0 Å². The van der Waals surface area contributed by atoms with Gasteiger partial charge in [-0.05, 0) is 24.8 Å². The van der Waals surface area contributed by atoms with Crippen molar-refractivity contribution in [3.8, 4) is 5.82 Å². The van der Waals surface area contributed by atoms with Gasteiger partial charge in [-0.15, -0.1) is 0 Å². The number of aromatic nitrogens is 4. The first kappa shape index (κ1) is 15.2. The Morgan fingerprint density at radius 1 is 1.42 bits per heavy atom. The van der Waals surface area contributed by atoms with Gasteiger partial charge in [-0.25, -0.2) is 14.6 Å². The Balaban J connectivity index is 1.45. The van der Waals surface area contributed by atoms with Crippen LogP contribution in [0.25, 0.3) is 5.82 Å². The second-order valence-electron chi connectivity index (χ2n) is 6.39. The van der Waals surface area contributed by atoms with Crippen LogP contribution in [0.5, 0.6) is 0 Å². The summed E-state index contributed by atoms with van der Waals surface area (Å²) in [5.74, 6) is 1.37. The fourth-order valence-corrected chi connectivity index (χ4v) is 3.74. The SMILES string of the molecule is O=C(NCc1cccnc1-n1cncn1)C1CCCC2CNNC21. The van der Waals surface area contributed by atoms with Crippen LogP contribution in [0.2, 0.25) is 0 Å². The Morgan fingerprint density at radius 3 is 3.25 bits per heavy atom.